The van der Waals surface area contributed by atoms with Crippen LogP contribution in [0.1, 0.15) is 11.1 Å². The van der Waals surface area contributed by atoms with Gasteiger partial charge in [0.25, 0.3) is 0 Å². The van der Waals surface area contributed by atoms with Crippen molar-refractivity contribution in [1.82, 2.24) is 10.9 Å². The van der Waals surface area contributed by atoms with Crippen molar-refractivity contribution in [2.24, 2.45) is 10.2 Å². The number of hydrogen-bond acceptors (Lipinski definition) is 5. The third-order valence-corrected chi connectivity index (χ3v) is 2.99. The molecular weight excluding hydrogens is 382 g/mol. The number of ether oxygens (including phenoxy) is 2. The summed E-state index contributed by atoms with van der Waals surface area (Å²) < 4.78 is 56.7. The fourth-order valence-electron chi connectivity index (χ4n) is 1.84. The van der Waals surface area contributed by atoms with Gasteiger partial charge in [-0.2, -0.15) is 27.8 Å². The smallest absolute Gasteiger partial charge is 0.387 e. The van der Waals surface area contributed by atoms with Crippen LogP contribution in [0.25, 0.3) is 0 Å². The van der Waals surface area contributed by atoms with Crippen LogP contribution in [0.4, 0.5) is 17.6 Å². The van der Waals surface area contributed by atoms with Gasteiger partial charge in [-0.25, -0.2) is 10.9 Å². The molecule has 0 aromatic heterocycles. The van der Waals surface area contributed by atoms with Crippen molar-refractivity contribution in [2.75, 3.05) is 0 Å². The number of halogens is 4. The van der Waals surface area contributed by atoms with E-state index in [0.717, 1.165) is 0 Å². The lowest BCUT2D eigenvalue weighted by atomic mass is 10.2. The van der Waals surface area contributed by atoms with E-state index in [2.05, 4.69) is 30.5 Å². The Balaban J connectivity index is 1.76. The van der Waals surface area contributed by atoms with Crippen LogP contribution in [0.15, 0.2) is 58.7 Å². The van der Waals surface area contributed by atoms with Gasteiger partial charge in [0.05, 0.1) is 12.4 Å². The second-order valence-corrected chi connectivity index (χ2v) is 5.01. The number of hydrogen-bond donors (Lipinski definition) is 3. The summed E-state index contributed by atoms with van der Waals surface area (Å²) in [4.78, 5) is 0. The highest BCUT2D eigenvalue weighted by atomic mass is 19.3. The predicted molar refractivity (Wildman–Crippen MR) is 95.3 cm³/mol. The van der Waals surface area contributed by atoms with Crippen molar-refractivity contribution in [1.29, 1.82) is 5.41 Å². The minimum absolute atomic E-state index is 0.0256. The molecule has 0 atom stereocenters. The molecule has 0 spiro atoms. The molecule has 0 aliphatic rings. The monoisotopic (exact) mass is 397 g/mol. The molecule has 0 fully saturated rings. The SMILES string of the molecule is N=C(N/N=C/c1ccc(OC(F)F)cc1)N/N=C/c1ccc(OC(F)F)cc1. The quantitative estimate of drug-likeness (QED) is 0.276. The molecule has 2 rings (SSSR count). The van der Waals surface area contributed by atoms with Gasteiger partial charge < -0.3 is 9.47 Å². The Hall–Kier alpha value is -3.63. The minimum Gasteiger partial charge on any atom is -0.435 e. The Kier molecular flexibility index (Phi) is 7.76. The fraction of sp³-hybridized carbons (Fsp3) is 0.118. The molecule has 7 nitrogen and oxygen atoms in total. The number of nitrogens with zero attached hydrogens (tertiary/aromatic N) is 2. The molecule has 148 valence electrons. The van der Waals surface area contributed by atoms with Crippen LogP contribution in [0.2, 0.25) is 0 Å². The lowest BCUT2D eigenvalue weighted by Gasteiger charge is -2.04. The zero-order valence-electron chi connectivity index (χ0n) is 14.2. The lowest BCUT2D eigenvalue weighted by molar-refractivity contribution is -0.0505. The van der Waals surface area contributed by atoms with Crippen molar-refractivity contribution in [3.63, 3.8) is 0 Å². The summed E-state index contributed by atoms with van der Waals surface area (Å²) in [6.45, 7) is -5.78. The molecule has 0 saturated heterocycles. The van der Waals surface area contributed by atoms with Gasteiger partial charge in [0, 0.05) is 0 Å². The van der Waals surface area contributed by atoms with Crippen LogP contribution < -0.4 is 20.3 Å². The van der Waals surface area contributed by atoms with Crippen molar-refractivity contribution in [3.05, 3.63) is 59.7 Å². The maximum atomic E-state index is 12.1. The van der Waals surface area contributed by atoms with Gasteiger partial charge in [-0.1, -0.05) is 0 Å². The maximum Gasteiger partial charge on any atom is 0.387 e. The van der Waals surface area contributed by atoms with Gasteiger partial charge in [0.1, 0.15) is 11.5 Å². The zero-order chi connectivity index (χ0) is 20.4. The van der Waals surface area contributed by atoms with Crippen LogP contribution in [0.5, 0.6) is 11.5 Å². The Morgan fingerprint density at radius 2 is 1.11 bits per heavy atom. The highest BCUT2D eigenvalue weighted by molar-refractivity contribution is 5.84. The van der Waals surface area contributed by atoms with Crippen LogP contribution in [0.3, 0.4) is 0 Å². The van der Waals surface area contributed by atoms with E-state index in [1.807, 2.05) is 0 Å². The largest absolute Gasteiger partial charge is 0.435 e. The Bertz CT molecular complexity index is 744. The minimum atomic E-state index is -2.89. The summed E-state index contributed by atoms with van der Waals surface area (Å²) >= 11 is 0. The third kappa shape index (κ3) is 7.72. The molecule has 2 aromatic rings. The first-order valence-electron chi connectivity index (χ1n) is 7.69. The van der Waals surface area contributed by atoms with Crippen molar-refractivity contribution in [3.8, 4) is 11.5 Å². The summed E-state index contributed by atoms with van der Waals surface area (Å²) in [5.74, 6) is -0.182. The average molecular weight is 397 g/mol. The summed E-state index contributed by atoms with van der Waals surface area (Å²) in [6, 6.07) is 11.5. The molecule has 0 bridgehead atoms. The normalized spacial score (nSPS) is 11.4. The number of guanidine groups is 1. The molecule has 0 heterocycles. The maximum absolute atomic E-state index is 12.1. The number of benzene rings is 2. The van der Waals surface area contributed by atoms with E-state index < -0.39 is 13.2 Å². The van der Waals surface area contributed by atoms with Crippen molar-refractivity contribution in [2.45, 2.75) is 13.2 Å². The second kappa shape index (κ2) is 10.5. The van der Waals surface area contributed by atoms with E-state index in [9.17, 15) is 17.6 Å². The van der Waals surface area contributed by atoms with Gasteiger partial charge in [0.15, 0.2) is 0 Å². The van der Waals surface area contributed by atoms with Crippen LogP contribution >= 0.6 is 0 Å². The van der Waals surface area contributed by atoms with E-state index in [0.29, 0.717) is 11.1 Å². The molecule has 3 N–H and O–H groups in total. The van der Waals surface area contributed by atoms with Crippen molar-refractivity contribution >= 4 is 18.4 Å². The number of rotatable bonds is 8. The first-order chi connectivity index (χ1) is 13.4. The molecule has 0 amide bonds. The van der Waals surface area contributed by atoms with Gasteiger partial charge in [-0.15, -0.1) is 0 Å². The van der Waals surface area contributed by atoms with E-state index in [1.54, 1.807) is 0 Å². The van der Waals surface area contributed by atoms with Crippen LogP contribution in [0, 0.1) is 5.41 Å². The summed E-state index contributed by atoms with van der Waals surface area (Å²) in [5.41, 5.74) is 5.92. The molecule has 0 unspecified atom stereocenters. The molecule has 0 radical (unpaired) electrons. The zero-order valence-corrected chi connectivity index (χ0v) is 14.2. The van der Waals surface area contributed by atoms with E-state index in [-0.39, 0.29) is 17.5 Å². The van der Waals surface area contributed by atoms with Crippen molar-refractivity contribution < 1.29 is 27.0 Å². The number of nitrogens with one attached hydrogen (secondary N) is 3. The Labute approximate surface area is 157 Å². The molecule has 0 aliphatic heterocycles. The molecule has 2 aromatic carbocycles. The first kappa shape index (κ1) is 20.7. The van der Waals surface area contributed by atoms with Gasteiger partial charge in [0.2, 0.25) is 5.96 Å². The lowest BCUT2D eigenvalue weighted by Crippen LogP contribution is -2.29. The van der Waals surface area contributed by atoms with Crippen LogP contribution in [-0.2, 0) is 0 Å². The highest BCUT2D eigenvalue weighted by Crippen LogP contribution is 2.14. The van der Waals surface area contributed by atoms with Gasteiger partial charge in [-0.05, 0) is 59.7 Å². The van der Waals surface area contributed by atoms with Gasteiger partial charge >= 0.3 is 13.2 Å². The van der Waals surface area contributed by atoms with Crippen LogP contribution in [-0.4, -0.2) is 31.6 Å². The summed E-state index contributed by atoms with van der Waals surface area (Å²) in [5, 5.41) is 15.2. The molecule has 11 heteroatoms. The standard InChI is InChI=1S/C17H15F4N5O2/c18-15(19)27-13-5-1-11(2-6-13)9-23-25-17(22)26-24-10-12-3-7-14(8-4-12)28-16(20)21/h1-10,15-16H,(H3,22,25,26)/b23-9+,24-10+. The summed E-state index contributed by atoms with van der Waals surface area (Å²) in [7, 11) is 0. The second-order valence-electron chi connectivity index (χ2n) is 5.01. The summed E-state index contributed by atoms with van der Waals surface area (Å²) in [6.07, 6.45) is 2.74. The third-order valence-electron chi connectivity index (χ3n) is 2.99. The predicted octanol–water partition coefficient (Wildman–Crippen LogP) is 3.37. The average Bonchev–Trinajstić information content (AvgIpc) is 2.64. The Morgan fingerprint density at radius 1 is 0.750 bits per heavy atom. The first-order valence-corrected chi connectivity index (χ1v) is 7.69. The van der Waals surface area contributed by atoms with Gasteiger partial charge in [-0.3, -0.25) is 5.41 Å². The topological polar surface area (TPSA) is 91.1 Å². The van der Waals surface area contributed by atoms with E-state index in [4.69, 9.17) is 5.41 Å². The number of hydrazone groups is 2. The number of alkyl halides is 4. The molecular formula is C17H15F4N5O2. The fourth-order valence-corrected chi connectivity index (χ4v) is 1.84. The Morgan fingerprint density at radius 3 is 1.43 bits per heavy atom. The van der Waals surface area contributed by atoms with E-state index in [1.165, 1.54) is 61.0 Å². The van der Waals surface area contributed by atoms with E-state index >= 15 is 0 Å². The molecule has 0 saturated carbocycles. The molecule has 28 heavy (non-hydrogen) atoms. The highest BCUT2D eigenvalue weighted by Gasteiger charge is 2.03. The molecule has 0 aliphatic carbocycles.